The van der Waals surface area contributed by atoms with E-state index in [9.17, 15) is 9.59 Å². The molecule has 5 N–H and O–H groups in total. The van der Waals surface area contributed by atoms with Crippen LogP contribution in [0.1, 0.15) is 10.4 Å². The number of nitrogens with zero attached hydrogens (tertiary/aromatic N) is 1. The van der Waals surface area contributed by atoms with E-state index in [-0.39, 0.29) is 11.4 Å². The minimum absolute atomic E-state index is 0.129. The lowest BCUT2D eigenvalue weighted by Gasteiger charge is -2.08. The van der Waals surface area contributed by atoms with Crippen LogP contribution >= 0.6 is 11.6 Å². The Kier molecular flexibility index (Phi) is 3.55. The Morgan fingerprint density at radius 3 is 2.68 bits per heavy atom. The quantitative estimate of drug-likeness (QED) is 0.339. The van der Waals surface area contributed by atoms with Gasteiger partial charge in [0.2, 0.25) is 6.41 Å². The van der Waals surface area contributed by atoms with E-state index in [1.54, 1.807) is 24.3 Å². The summed E-state index contributed by atoms with van der Waals surface area (Å²) in [5.41, 5.74) is 6.71. The summed E-state index contributed by atoms with van der Waals surface area (Å²) in [4.78, 5) is 24.9. The number of nitrogens with two attached hydrogens (primary N) is 2. The van der Waals surface area contributed by atoms with Crippen molar-refractivity contribution in [2.75, 3.05) is 5.01 Å². The second-order valence-electron chi connectivity index (χ2n) is 3.83. The number of halogens is 1. The number of nitrogens with one attached hydrogen (secondary N) is 1. The molecular weight excluding hydrogens is 268 g/mol. The van der Waals surface area contributed by atoms with E-state index < -0.39 is 5.91 Å². The lowest BCUT2D eigenvalue weighted by Crippen LogP contribution is -2.31. The smallest absolute Gasteiger partial charge is 0.252 e. The van der Waals surface area contributed by atoms with Crippen molar-refractivity contribution in [3.05, 3.63) is 40.9 Å². The van der Waals surface area contributed by atoms with Crippen LogP contribution in [0.4, 0.5) is 5.82 Å². The van der Waals surface area contributed by atoms with Crippen molar-refractivity contribution in [3.63, 3.8) is 0 Å². The lowest BCUT2D eigenvalue weighted by molar-refractivity contribution is -0.107. The molecule has 6 nitrogen and oxygen atoms in total. The van der Waals surface area contributed by atoms with Crippen LogP contribution in [-0.4, -0.2) is 17.3 Å². The monoisotopic (exact) mass is 278 g/mol. The van der Waals surface area contributed by atoms with Gasteiger partial charge in [0.05, 0.1) is 5.56 Å². The van der Waals surface area contributed by atoms with Crippen molar-refractivity contribution in [2.24, 2.45) is 11.6 Å². The number of aromatic nitrogens is 1. The fraction of sp³-hybridized carbons (Fsp3) is 0. The molecule has 0 aliphatic heterocycles. The highest BCUT2D eigenvalue weighted by atomic mass is 35.5. The largest absolute Gasteiger partial charge is 0.365 e. The first-order valence-electron chi connectivity index (χ1n) is 5.31. The van der Waals surface area contributed by atoms with E-state index in [0.29, 0.717) is 17.1 Å². The zero-order chi connectivity index (χ0) is 14.0. The molecule has 0 bridgehead atoms. The maximum Gasteiger partial charge on any atom is 0.252 e. The van der Waals surface area contributed by atoms with E-state index in [1.807, 2.05) is 0 Å². The highest BCUT2D eigenvalue weighted by Crippen LogP contribution is 2.27. The van der Waals surface area contributed by atoms with Crippen molar-refractivity contribution >= 4 is 29.7 Å². The van der Waals surface area contributed by atoms with Gasteiger partial charge in [-0.15, -0.1) is 0 Å². The number of hydrazine groups is 1. The van der Waals surface area contributed by atoms with Crippen LogP contribution in [0.5, 0.6) is 0 Å². The third-order valence-corrected chi connectivity index (χ3v) is 2.80. The van der Waals surface area contributed by atoms with Gasteiger partial charge in [-0.25, -0.2) is 10.9 Å². The minimum Gasteiger partial charge on any atom is -0.365 e. The Balaban J connectivity index is 2.54. The Labute approximate surface area is 113 Å². The predicted octanol–water partition coefficient (Wildman–Crippen LogP) is 1.27. The average Bonchev–Trinajstić information content (AvgIpc) is 2.83. The standard InChI is InChI=1S/C12H11ClN4O2/c13-8-3-1-2-7(4-8)10-5-9(11(14)19)12(16-10)17(15)6-18/h1-6,16H,15H2,(H2,14,19). The molecule has 0 aliphatic carbocycles. The molecule has 2 amide bonds. The van der Waals surface area contributed by atoms with Crippen molar-refractivity contribution in [2.45, 2.75) is 0 Å². The summed E-state index contributed by atoms with van der Waals surface area (Å²) in [5, 5.41) is 1.31. The molecular formula is C12H11ClN4O2. The van der Waals surface area contributed by atoms with Crippen molar-refractivity contribution < 1.29 is 9.59 Å². The SMILES string of the molecule is NC(=O)c1cc(-c2cccc(Cl)c2)[nH]c1N(N)C=O. The van der Waals surface area contributed by atoms with Gasteiger partial charge in [0, 0.05) is 10.7 Å². The first-order valence-corrected chi connectivity index (χ1v) is 5.68. The van der Waals surface area contributed by atoms with Gasteiger partial charge < -0.3 is 10.7 Å². The number of aromatic amines is 1. The van der Waals surface area contributed by atoms with Gasteiger partial charge in [-0.2, -0.15) is 0 Å². The molecule has 98 valence electrons. The number of anilines is 1. The molecule has 0 atom stereocenters. The van der Waals surface area contributed by atoms with E-state index >= 15 is 0 Å². The molecule has 0 saturated heterocycles. The number of benzene rings is 1. The molecule has 1 aromatic heterocycles. The van der Waals surface area contributed by atoms with Gasteiger partial charge in [0.1, 0.15) is 5.82 Å². The van der Waals surface area contributed by atoms with E-state index in [2.05, 4.69) is 4.98 Å². The number of hydrogen-bond acceptors (Lipinski definition) is 3. The summed E-state index contributed by atoms with van der Waals surface area (Å²) < 4.78 is 0. The zero-order valence-electron chi connectivity index (χ0n) is 9.76. The number of hydrogen-bond donors (Lipinski definition) is 3. The molecule has 0 spiro atoms. The van der Waals surface area contributed by atoms with E-state index in [4.69, 9.17) is 23.2 Å². The minimum atomic E-state index is -0.683. The van der Waals surface area contributed by atoms with Gasteiger partial charge >= 0.3 is 0 Å². The highest BCUT2D eigenvalue weighted by Gasteiger charge is 2.17. The number of carbonyl (C=O) groups excluding carboxylic acids is 2. The summed E-state index contributed by atoms with van der Waals surface area (Å²) in [6, 6.07) is 8.52. The fourth-order valence-electron chi connectivity index (χ4n) is 1.70. The Morgan fingerprint density at radius 1 is 1.37 bits per heavy atom. The zero-order valence-corrected chi connectivity index (χ0v) is 10.5. The Hall–Kier alpha value is -2.31. The van der Waals surface area contributed by atoms with Gasteiger partial charge in [0.15, 0.2) is 0 Å². The third-order valence-electron chi connectivity index (χ3n) is 2.57. The molecule has 19 heavy (non-hydrogen) atoms. The van der Waals surface area contributed by atoms with Crippen LogP contribution in [0.25, 0.3) is 11.3 Å². The number of amides is 2. The molecule has 0 fully saturated rings. The number of primary amides is 1. The predicted molar refractivity (Wildman–Crippen MR) is 72.5 cm³/mol. The highest BCUT2D eigenvalue weighted by molar-refractivity contribution is 6.30. The van der Waals surface area contributed by atoms with Gasteiger partial charge in [-0.1, -0.05) is 23.7 Å². The first-order chi connectivity index (χ1) is 9.02. The summed E-state index contributed by atoms with van der Waals surface area (Å²) in [6.45, 7) is 0. The van der Waals surface area contributed by atoms with Crippen molar-refractivity contribution in [3.8, 4) is 11.3 Å². The third kappa shape index (κ3) is 2.59. The van der Waals surface area contributed by atoms with Crippen LogP contribution in [0.3, 0.4) is 0 Å². The van der Waals surface area contributed by atoms with Crippen LogP contribution < -0.4 is 16.6 Å². The first kappa shape index (κ1) is 13.1. The maximum absolute atomic E-state index is 11.3. The average molecular weight is 279 g/mol. The molecule has 7 heteroatoms. The molecule has 0 saturated carbocycles. The van der Waals surface area contributed by atoms with Crippen LogP contribution in [-0.2, 0) is 4.79 Å². The molecule has 0 aliphatic rings. The molecule has 2 aromatic rings. The molecule has 0 radical (unpaired) electrons. The van der Waals surface area contributed by atoms with E-state index in [0.717, 1.165) is 10.6 Å². The normalized spacial score (nSPS) is 10.2. The Morgan fingerprint density at radius 2 is 2.11 bits per heavy atom. The lowest BCUT2D eigenvalue weighted by atomic mass is 10.1. The summed E-state index contributed by atoms with van der Waals surface area (Å²) in [5.74, 6) is 4.91. The molecule has 1 heterocycles. The van der Waals surface area contributed by atoms with Crippen molar-refractivity contribution in [1.29, 1.82) is 0 Å². The fourth-order valence-corrected chi connectivity index (χ4v) is 1.89. The van der Waals surface area contributed by atoms with E-state index in [1.165, 1.54) is 6.07 Å². The Bertz CT molecular complexity index is 638. The van der Waals surface area contributed by atoms with Crippen LogP contribution in [0, 0.1) is 0 Å². The number of H-pyrrole nitrogens is 1. The second-order valence-corrected chi connectivity index (χ2v) is 4.27. The van der Waals surface area contributed by atoms with Gasteiger partial charge in [-0.05, 0) is 23.8 Å². The summed E-state index contributed by atoms with van der Waals surface area (Å²) in [6.07, 6.45) is 0.375. The van der Waals surface area contributed by atoms with Crippen LogP contribution in [0.15, 0.2) is 30.3 Å². The summed E-state index contributed by atoms with van der Waals surface area (Å²) >= 11 is 5.90. The van der Waals surface area contributed by atoms with Crippen molar-refractivity contribution in [1.82, 2.24) is 4.98 Å². The number of carbonyl (C=O) groups is 2. The topological polar surface area (TPSA) is 105 Å². The maximum atomic E-state index is 11.3. The molecule has 0 unspecified atom stereocenters. The van der Waals surface area contributed by atoms with Gasteiger partial charge in [0.25, 0.3) is 5.91 Å². The molecule has 2 rings (SSSR count). The van der Waals surface area contributed by atoms with Crippen LogP contribution in [0.2, 0.25) is 5.02 Å². The van der Waals surface area contributed by atoms with Gasteiger partial charge in [-0.3, -0.25) is 9.59 Å². The number of rotatable bonds is 4. The molecule has 1 aromatic carbocycles. The summed E-state index contributed by atoms with van der Waals surface area (Å²) in [7, 11) is 0. The second kappa shape index (κ2) is 5.13.